The van der Waals surface area contributed by atoms with Crippen molar-refractivity contribution in [1.29, 1.82) is 0 Å². The monoisotopic (exact) mass is 360 g/mol. The lowest BCUT2D eigenvalue weighted by atomic mass is 10.1. The predicted molar refractivity (Wildman–Crippen MR) is 88.1 cm³/mol. The molecule has 7 heteroatoms. The number of H-pyrrole nitrogens is 1. The summed E-state index contributed by atoms with van der Waals surface area (Å²) in [6, 6.07) is 7.37. The summed E-state index contributed by atoms with van der Waals surface area (Å²) < 4.78 is 2.39. The smallest absolute Gasteiger partial charge is 0.278 e. The molecule has 1 aliphatic heterocycles. The maximum absolute atomic E-state index is 12.6. The van der Waals surface area contributed by atoms with Crippen LogP contribution in [0.5, 0.6) is 0 Å². The summed E-state index contributed by atoms with van der Waals surface area (Å²) in [5.74, 6) is -0.298. The fourth-order valence-corrected chi connectivity index (χ4v) is 2.50. The fraction of sp³-hybridized carbons (Fsp3) is 0.133. The molecule has 6 nitrogen and oxygen atoms in total. The Balaban J connectivity index is 2.10. The average Bonchev–Trinajstić information content (AvgIpc) is 2.95. The normalized spacial score (nSPS) is 16.0. The topological polar surface area (TPSA) is 79.2 Å². The second-order valence-corrected chi connectivity index (χ2v) is 5.88. The molecule has 1 aromatic carbocycles. The number of carbonyl (C=O) groups excluding carboxylic acids is 1. The van der Waals surface area contributed by atoms with Crippen LogP contribution < -0.4 is 11.0 Å². The fourth-order valence-electron chi connectivity index (χ4n) is 2.24. The van der Waals surface area contributed by atoms with Gasteiger partial charge in [0.25, 0.3) is 11.5 Å². The highest BCUT2D eigenvalue weighted by atomic mass is 79.9. The van der Waals surface area contributed by atoms with Crippen LogP contribution in [-0.2, 0) is 4.79 Å². The van der Waals surface area contributed by atoms with Crippen LogP contribution in [-0.4, -0.2) is 21.4 Å². The van der Waals surface area contributed by atoms with Crippen molar-refractivity contribution in [3.8, 4) is 5.69 Å². The first kappa shape index (κ1) is 14.5. The van der Waals surface area contributed by atoms with Gasteiger partial charge in [0, 0.05) is 10.2 Å². The van der Waals surface area contributed by atoms with E-state index in [-0.39, 0.29) is 11.5 Å². The molecule has 0 atom stereocenters. The second kappa shape index (κ2) is 5.42. The van der Waals surface area contributed by atoms with Gasteiger partial charge in [0.1, 0.15) is 0 Å². The minimum absolute atomic E-state index is 0.208. The number of nitrogens with one attached hydrogen (secondary N) is 2. The standard InChI is InChI=1S/C15H13BrN4O2/c1-8-12(14(21)18-17-8)7-13-9(2)19-20(15(13)22)11-5-3-10(16)4-6-11/h3-7,19H,1-2H3,(H,18,21)/b12-7-. The molecule has 0 bridgehead atoms. The first-order valence-electron chi connectivity index (χ1n) is 6.61. The molecule has 2 N–H and O–H groups in total. The van der Waals surface area contributed by atoms with Crippen molar-refractivity contribution >= 4 is 33.6 Å². The van der Waals surface area contributed by atoms with Gasteiger partial charge in [-0.25, -0.2) is 10.1 Å². The van der Waals surface area contributed by atoms with Crippen LogP contribution in [0.25, 0.3) is 11.8 Å². The Bertz CT molecular complexity index is 872. The number of aromatic amines is 1. The summed E-state index contributed by atoms with van der Waals surface area (Å²) in [6.07, 6.45) is 1.57. The highest BCUT2D eigenvalue weighted by Gasteiger charge is 2.21. The number of hydrogen-bond donors (Lipinski definition) is 2. The van der Waals surface area contributed by atoms with Crippen molar-refractivity contribution in [2.75, 3.05) is 0 Å². The number of carbonyl (C=O) groups is 1. The van der Waals surface area contributed by atoms with Crippen LogP contribution in [0.15, 0.2) is 44.2 Å². The van der Waals surface area contributed by atoms with Crippen molar-refractivity contribution in [2.45, 2.75) is 13.8 Å². The molecule has 1 aliphatic rings. The maximum atomic E-state index is 12.6. The highest BCUT2D eigenvalue weighted by Crippen LogP contribution is 2.15. The van der Waals surface area contributed by atoms with E-state index in [4.69, 9.17) is 0 Å². The third-order valence-corrected chi connectivity index (χ3v) is 3.98. The number of aromatic nitrogens is 2. The first-order valence-corrected chi connectivity index (χ1v) is 7.41. The lowest BCUT2D eigenvalue weighted by Gasteiger charge is -2.00. The summed E-state index contributed by atoms with van der Waals surface area (Å²) in [5.41, 5.74) is 5.01. The Labute approximate surface area is 134 Å². The van der Waals surface area contributed by atoms with E-state index >= 15 is 0 Å². The second-order valence-electron chi connectivity index (χ2n) is 4.96. The molecule has 0 saturated carbocycles. The van der Waals surface area contributed by atoms with Crippen LogP contribution in [0, 0.1) is 6.92 Å². The van der Waals surface area contributed by atoms with Crippen molar-refractivity contribution in [2.24, 2.45) is 5.10 Å². The summed E-state index contributed by atoms with van der Waals surface area (Å²) in [6.45, 7) is 3.52. The molecule has 0 saturated heterocycles. The lowest BCUT2D eigenvalue weighted by Crippen LogP contribution is -2.17. The molecule has 1 amide bonds. The zero-order valence-corrected chi connectivity index (χ0v) is 13.6. The van der Waals surface area contributed by atoms with Gasteiger partial charge in [-0.2, -0.15) is 5.10 Å². The zero-order valence-electron chi connectivity index (χ0n) is 12.0. The number of amides is 1. The Morgan fingerprint density at radius 1 is 1.18 bits per heavy atom. The molecule has 0 spiro atoms. The third-order valence-electron chi connectivity index (χ3n) is 3.45. The van der Waals surface area contributed by atoms with Gasteiger partial charge in [-0.05, 0) is 44.2 Å². The first-order chi connectivity index (χ1) is 10.5. The van der Waals surface area contributed by atoms with Crippen LogP contribution >= 0.6 is 15.9 Å². The van der Waals surface area contributed by atoms with Gasteiger partial charge < -0.3 is 0 Å². The molecule has 0 aliphatic carbocycles. The Morgan fingerprint density at radius 2 is 1.86 bits per heavy atom. The van der Waals surface area contributed by atoms with E-state index in [0.717, 1.165) is 10.2 Å². The predicted octanol–water partition coefficient (Wildman–Crippen LogP) is 2.13. The van der Waals surface area contributed by atoms with Crippen molar-refractivity contribution in [3.63, 3.8) is 0 Å². The molecule has 112 valence electrons. The average molecular weight is 361 g/mol. The summed E-state index contributed by atoms with van der Waals surface area (Å²) in [7, 11) is 0. The number of aryl methyl sites for hydroxylation is 1. The largest absolute Gasteiger partial charge is 0.295 e. The van der Waals surface area contributed by atoms with Gasteiger partial charge in [-0.15, -0.1) is 0 Å². The zero-order chi connectivity index (χ0) is 15.9. The third kappa shape index (κ3) is 2.43. The molecular weight excluding hydrogens is 348 g/mol. The molecule has 3 rings (SSSR count). The van der Waals surface area contributed by atoms with E-state index in [1.165, 1.54) is 4.68 Å². The van der Waals surface area contributed by atoms with Crippen LogP contribution in [0.3, 0.4) is 0 Å². The van der Waals surface area contributed by atoms with Gasteiger partial charge in [-0.1, -0.05) is 15.9 Å². The number of benzene rings is 1. The molecule has 0 fully saturated rings. The van der Waals surface area contributed by atoms with E-state index in [0.29, 0.717) is 22.5 Å². The van der Waals surface area contributed by atoms with Crippen LogP contribution in [0.1, 0.15) is 18.2 Å². The summed E-state index contributed by atoms with van der Waals surface area (Å²) in [4.78, 5) is 24.3. The molecule has 2 aromatic rings. The Kier molecular flexibility index (Phi) is 3.58. The van der Waals surface area contributed by atoms with Crippen molar-refractivity contribution in [1.82, 2.24) is 15.2 Å². The Hall–Kier alpha value is -2.41. The van der Waals surface area contributed by atoms with Gasteiger partial charge in [0.2, 0.25) is 0 Å². The highest BCUT2D eigenvalue weighted by molar-refractivity contribution is 9.10. The molecule has 0 unspecified atom stereocenters. The van der Waals surface area contributed by atoms with E-state index in [1.54, 1.807) is 19.9 Å². The van der Waals surface area contributed by atoms with E-state index < -0.39 is 0 Å². The SMILES string of the molecule is CC1=NNC(=O)/C1=C\c1c(C)[nH]n(-c2ccc(Br)cc2)c1=O. The van der Waals surface area contributed by atoms with E-state index in [9.17, 15) is 9.59 Å². The van der Waals surface area contributed by atoms with E-state index in [2.05, 4.69) is 31.6 Å². The minimum Gasteiger partial charge on any atom is -0.295 e. The molecule has 22 heavy (non-hydrogen) atoms. The minimum atomic E-state index is -0.298. The lowest BCUT2D eigenvalue weighted by molar-refractivity contribution is -0.116. The molecule has 1 aromatic heterocycles. The number of hydrogen-bond acceptors (Lipinski definition) is 3. The summed E-state index contributed by atoms with van der Waals surface area (Å²) >= 11 is 3.36. The number of rotatable bonds is 2. The van der Waals surface area contributed by atoms with E-state index in [1.807, 2.05) is 24.3 Å². The van der Waals surface area contributed by atoms with Gasteiger partial charge in [-0.3, -0.25) is 14.7 Å². The van der Waals surface area contributed by atoms with Gasteiger partial charge >= 0.3 is 0 Å². The number of hydrazone groups is 1. The summed E-state index contributed by atoms with van der Waals surface area (Å²) in [5, 5.41) is 6.88. The Morgan fingerprint density at radius 3 is 2.45 bits per heavy atom. The number of halogens is 1. The molecule has 2 heterocycles. The van der Waals surface area contributed by atoms with Gasteiger partial charge in [0.05, 0.1) is 22.5 Å². The van der Waals surface area contributed by atoms with Crippen LogP contribution in [0.2, 0.25) is 0 Å². The van der Waals surface area contributed by atoms with Crippen molar-refractivity contribution in [3.05, 3.63) is 55.9 Å². The maximum Gasteiger partial charge on any atom is 0.278 e. The van der Waals surface area contributed by atoms with Gasteiger partial charge in [0.15, 0.2) is 0 Å². The molecular formula is C15H13BrN4O2. The number of nitrogens with zero attached hydrogens (tertiary/aromatic N) is 2. The van der Waals surface area contributed by atoms with Crippen LogP contribution in [0.4, 0.5) is 0 Å². The van der Waals surface area contributed by atoms with Crippen molar-refractivity contribution < 1.29 is 4.79 Å². The quantitative estimate of drug-likeness (QED) is 0.804. The molecule has 0 radical (unpaired) electrons.